The fraction of sp³-hybridized carbons (Fsp3) is 0.0256. The second-order valence-electron chi connectivity index (χ2n) is 10.9. The number of anilines is 1. The molecule has 0 fully saturated rings. The Morgan fingerprint density at radius 3 is 1.71 bits per heavy atom. The summed E-state index contributed by atoms with van der Waals surface area (Å²) in [4.78, 5) is 1.29. The minimum atomic E-state index is 0.223. The normalized spacial score (nSPS) is 14.5. The third kappa shape index (κ3) is 3.60. The molecule has 2 heterocycles. The lowest BCUT2D eigenvalue weighted by Crippen LogP contribution is -2.00. The highest BCUT2D eigenvalue weighted by atomic mass is 32.2. The maximum Gasteiger partial charge on any atom is 0.136 e. The molecule has 9 rings (SSSR count). The van der Waals surface area contributed by atoms with Gasteiger partial charge in [-0.2, -0.15) is 0 Å². The van der Waals surface area contributed by atoms with E-state index in [9.17, 15) is 0 Å². The van der Waals surface area contributed by atoms with Crippen molar-refractivity contribution in [1.82, 2.24) is 0 Å². The summed E-state index contributed by atoms with van der Waals surface area (Å²) < 4.78 is 6.31. The van der Waals surface area contributed by atoms with Gasteiger partial charge in [-0.25, -0.2) is 0 Å². The van der Waals surface area contributed by atoms with E-state index in [0.29, 0.717) is 0 Å². The van der Waals surface area contributed by atoms with Gasteiger partial charge in [-0.3, -0.25) is 0 Å². The monoisotopic (exact) mass is 555 g/mol. The van der Waals surface area contributed by atoms with E-state index in [2.05, 4.69) is 133 Å². The number of thioether (sulfide) groups is 1. The Morgan fingerprint density at radius 1 is 0.476 bits per heavy atom. The topological polar surface area (TPSA) is 25.2 Å². The van der Waals surface area contributed by atoms with Crippen LogP contribution in [0, 0.1) is 0 Å². The van der Waals surface area contributed by atoms with Crippen LogP contribution in [0.3, 0.4) is 0 Å². The highest BCUT2D eigenvalue weighted by Crippen LogP contribution is 2.50. The summed E-state index contributed by atoms with van der Waals surface area (Å²) in [7, 11) is 0. The van der Waals surface area contributed by atoms with E-state index in [4.69, 9.17) is 4.42 Å². The van der Waals surface area contributed by atoms with Gasteiger partial charge >= 0.3 is 0 Å². The van der Waals surface area contributed by atoms with Crippen LogP contribution < -0.4 is 5.32 Å². The first-order valence-electron chi connectivity index (χ1n) is 14.3. The number of furan rings is 1. The fourth-order valence-electron chi connectivity index (χ4n) is 6.61. The molecule has 0 saturated carbocycles. The lowest BCUT2D eigenvalue weighted by atomic mass is 9.86. The molecule has 0 amide bonds. The molecule has 1 atom stereocenters. The first kappa shape index (κ1) is 23.7. The van der Waals surface area contributed by atoms with Gasteiger partial charge in [-0.15, -0.1) is 0 Å². The Bertz CT molecular complexity index is 2260. The SMILES string of the molecule is c1ccc(C2Nc3cc(-c4c5ccccc5c(-c5ccc6c(c5)oc5ccccc56)c5ccccc45)ccc3S2)cc1. The first-order valence-corrected chi connectivity index (χ1v) is 15.2. The van der Waals surface area contributed by atoms with E-state index in [-0.39, 0.29) is 5.37 Å². The Morgan fingerprint density at radius 2 is 1.02 bits per heavy atom. The fourth-order valence-corrected chi connectivity index (χ4v) is 7.73. The summed E-state index contributed by atoms with van der Waals surface area (Å²) in [5, 5.41) is 11.3. The number of para-hydroxylation sites is 1. The maximum atomic E-state index is 6.31. The summed E-state index contributed by atoms with van der Waals surface area (Å²) >= 11 is 1.88. The van der Waals surface area contributed by atoms with Crippen LogP contribution in [0.25, 0.3) is 65.7 Å². The molecule has 7 aromatic carbocycles. The van der Waals surface area contributed by atoms with Crippen LogP contribution in [-0.2, 0) is 0 Å². The van der Waals surface area contributed by atoms with E-state index in [1.807, 2.05) is 23.9 Å². The van der Waals surface area contributed by atoms with Crippen molar-refractivity contribution >= 4 is 60.9 Å². The number of hydrogen-bond acceptors (Lipinski definition) is 3. The van der Waals surface area contributed by atoms with Crippen molar-refractivity contribution in [1.29, 1.82) is 0 Å². The van der Waals surface area contributed by atoms with Crippen LogP contribution in [0.4, 0.5) is 5.69 Å². The molecule has 1 unspecified atom stereocenters. The Labute approximate surface area is 247 Å². The number of rotatable bonds is 3. The molecule has 42 heavy (non-hydrogen) atoms. The zero-order valence-corrected chi connectivity index (χ0v) is 23.5. The van der Waals surface area contributed by atoms with Crippen molar-refractivity contribution in [2.45, 2.75) is 10.3 Å². The largest absolute Gasteiger partial charge is 0.456 e. The van der Waals surface area contributed by atoms with Crippen molar-refractivity contribution in [2.24, 2.45) is 0 Å². The van der Waals surface area contributed by atoms with E-state index in [1.165, 1.54) is 59.9 Å². The summed E-state index contributed by atoms with van der Waals surface area (Å²) in [6, 6.07) is 50.2. The molecule has 3 heteroatoms. The molecule has 0 bridgehead atoms. The Kier molecular flexibility index (Phi) is 5.23. The lowest BCUT2D eigenvalue weighted by Gasteiger charge is -2.18. The van der Waals surface area contributed by atoms with Crippen molar-refractivity contribution in [2.75, 3.05) is 5.32 Å². The van der Waals surface area contributed by atoms with Gasteiger partial charge in [0.2, 0.25) is 0 Å². The quantitative estimate of drug-likeness (QED) is 0.220. The molecule has 1 aliphatic rings. The Hall–Kier alpha value is -4.99. The van der Waals surface area contributed by atoms with Gasteiger partial charge in [0.05, 0.1) is 0 Å². The molecule has 1 aromatic heterocycles. The molecule has 0 aliphatic carbocycles. The lowest BCUT2D eigenvalue weighted by molar-refractivity contribution is 0.669. The summed E-state index contributed by atoms with van der Waals surface area (Å²) in [5.41, 5.74) is 9.23. The van der Waals surface area contributed by atoms with Crippen LogP contribution in [0.15, 0.2) is 149 Å². The van der Waals surface area contributed by atoms with Crippen LogP contribution >= 0.6 is 11.8 Å². The molecule has 8 aromatic rings. The molecule has 0 saturated heterocycles. The maximum absolute atomic E-state index is 6.31. The molecule has 1 aliphatic heterocycles. The van der Waals surface area contributed by atoms with Gasteiger partial charge in [0.15, 0.2) is 0 Å². The summed E-state index contributed by atoms with van der Waals surface area (Å²) in [6.07, 6.45) is 0. The predicted molar refractivity (Wildman–Crippen MR) is 178 cm³/mol. The zero-order valence-electron chi connectivity index (χ0n) is 22.7. The number of hydrogen-bond donors (Lipinski definition) is 1. The Balaban J connectivity index is 1.25. The highest BCUT2D eigenvalue weighted by molar-refractivity contribution is 8.00. The van der Waals surface area contributed by atoms with Crippen molar-refractivity contribution in [3.05, 3.63) is 145 Å². The standard InChI is InChI=1S/C39H25NOS/c1-2-10-24(11-3-1)39-40-33-22-25(19-21-36(33)42-39)37-29-13-4-6-15-31(29)38(32-16-7-5-14-30(32)37)26-18-20-28-27-12-8-9-17-34(27)41-35(28)23-26/h1-23,39-40H. The van der Waals surface area contributed by atoms with Gasteiger partial charge in [0.25, 0.3) is 0 Å². The smallest absolute Gasteiger partial charge is 0.136 e. The second-order valence-corrected chi connectivity index (χ2v) is 12.1. The molecule has 0 radical (unpaired) electrons. The van der Waals surface area contributed by atoms with Crippen molar-refractivity contribution in [3.8, 4) is 22.3 Å². The molecule has 1 N–H and O–H groups in total. The molecular weight excluding hydrogens is 531 g/mol. The molecular formula is C39H25NOS. The summed E-state index contributed by atoms with van der Waals surface area (Å²) in [6.45, 7) is 0. The number of benzene rings is 7. The van der Waals surface area contributed by atoms with Crippen LogP contribution in [0.5, 0.6) is 0 Å². The highest BCUT2D eigenvalue weighted by Gasteiger charge is 2.24. The van der Waals surface area contributed by atoms with Crippen molar-refractivity contribution in [3.63, 3.8) is 0 Å². The van der Waals surface area contributed by atoms with Crippen molar-refractivity contribution < 1.29 is 4.42 Å². The van der Waals surface area contributed by atoms with Gasteiger partial charge in [0.1, 0.15) is 16.5 Å². The number of fused-ring (bicyclic) bond motifs is 6. The average Bonchev–Trinajstić information content (AvgIpc) is 3.65. The second kappa shape index (κ2) is 9.27. The third-order valence-corrected chi connectivity index (χ3v) is 9.74. The average molecular weight is 556 g/mol. The van der Waals surface area contributed by atoms with Gasteiger partial charge in [-0.1, -0.05) is 121 Å². The summed E-state index contributed by atoms with van der Waals surface area (Å²) in [5.74, 6) is 0. The van der Waals surface area contributed by atoms with Gasteiger partial charge < -0.3 is 9.73 Å². The van der Waals surface area contributed by atoms with Gasteiger partial charge in [0, 0.05) is 21.4 Å². The molecule has 0 spiro atoms. The zero-order chi connectivity index (χ0) is 27.6. The van der Waals surface area contributed by atoms with E-state index < -0.39 is 0 Å². The third-order valence-electron chi connectivity index (χ3n) is 8.50. The minimum Gasteiger partial charge on any atom is -0.456 e. The van der Waals surface area contributed by atoms with Crippen LogP contribution in [0.1, 0.15) is 10.9 Å². The van der Waals surface area contributed by atoms with E-state index in [1.54, 1.807) is 0 Å². The van der Waals surface area contributed by atoms with Crippen LogP contribution in [-0.4, -0.2) is 0 Å². The molecule has 2 nitrogen and oxygen atoms in total. The van der Waals surface area contributed by atoms with E-state index >= 15 is 0 Å². The van der Waals surface area contributed by atoms with Gasteiger partial charge in [-0.05, 0) is 79.7 Å². The van der Waals surface area contributed by atoms with E-state index in [0.717, 1.165) is 21.9 Å². The van der Waals surface area contributed by atoms with Crippen LogP contribution in [0.2, 0.25) is 0 Å². The minimum absolute atomic E-state index is 0.223. The predicted octanol–water partition coefficient (Wildman–Crippen LogP) is 11.4. The number of nitrogens with one attached hydrogen (secondary N) is 1. The molecule has 198 valence electrons. The first-order chi connectivity index (χ1) is 20.8.